The van der Waals surface area contributed by atoms with Crippen LogP contribution in [0.3, 0.4) is 0 Å². The third-order valence-electron chi connectivity index (χ3n) is 2.57. The van der Waals surface area contributed by atoms with Crippen molar-refractivity contribution in [3.63, 3.8) is 0 Å². The lowest BCUT2D eigenvalue weighted by Gasteiger charge is -2.23. The molecular weight excluding hydrogens is 192 g/mol. The molecule has 4 nitrogen and oxygen atoms in total. The summed E-state index contributed by atoms with van der Waals surface area (Å²) in [5.41, 5.74) is 7.68. The fourth-order valence-corrected chi connectivity index (χ4v) is 1.82. The number of anilines is 1. The Bertz CT molecular complexity index is 354. The lowest BCUT2D eigenvalue weighted by atomic mass is 10.1. The van der Waals surface area contributed by atoms with Gasteiger partial charge in [0.1, 0.15) is 0 Å². The molecule has 15 heavy (non-hydrogen) atoms. The summed E-state index contributed by atoms with van der Waals surface area (Å²) < 4.78 is 5.29. The van der Waals surface area contributed by atoms with Crippen molar-refractivity contribution >= 4 is 12.0 Å². The molecule has 1 aromatic rings. The Morgan fingerprint density at radius 1 is 1.53 bits per heavy atom. The van der Waals surface area contributed by atoms with E-state index in [0.29, 0.717) is 13.2 Å². The van der Waals surface area contributed by atoms with E-state index in [1.165, 1.54) is 0 Å². The number of aldehydes is 1. The molecule has 4 heteroatoms. The van der Waals surface area contributed by atoms with Crippen LogP contribution in [0.1, 0.15) is 5.56 Å². The molecule has 1 fully saturated rings. The summed E-state index contributed by atoms with van der Waals surface area (Å²) in [5.74, 6) is 0. The molecule has 0 amide bonds. The van der Waals surface area contributed by atoms with Crippen LogP contribution in [0.15, 0.2) is 24.3 Å². The summed E-state index contributed by atoms with van der Waals surface area (Å²) >= 11 is 0. The van der Waals surface area contributed by atoms with Gasteiger partial charge in [-0.2, -0.15) is 0 Å². The number of hydrogen-bond donors (Lipinski definition) is 1. The van der Waals surface area contributed by atoms with Crippen LogP contribution in [-0.4, -0.2) is 25.7 Å². The molecule has 1 aliphatic heterocycles. The van der Waals surface area contributed by atoms with Crippen molar-refractivity contribution in [1.29, 1.82) is 0 Å². The zero-order chi connectivity index (χ0) is 10.7. The van der Waals surface area contributed by atoms with Gasteiger partial charge in [-0.15, -0.1) is 0 Å². The highest BCUT2D eigenvalue weighted by Crippen LogP contribution is 2.24. The second-order valence-corrected chi connectivity index (χ2v) is 3.42. The molecule has 0 spiro atoms. The lowest BCUT2D eigenvalue weighted by Crippen LogP contribution is -2.32. The molecule has 0 aliphatic carbocycles. The summed E-state index contributed by atoms with van der Waals surface area (Å²) in [4.78, 5) is 12.7. The zero-order valence-electron chi connectivity index (χ0n) is 8.43. The second kappa shape index (κ2) is 4.42. The number of benzene rings is 1. The molecule has 0 aromatic heterocycles. The minimum atomic E-state index is -0.460. The number of hydrogen-bond acceptors (Lipinski definition) is 4. The largest absolute Gasteiger partial charge is 0.349 e. The summed E-state index contributed by atoms with van der Waals surface area (Å²) in [7, 11) is 0. The quantitative estimate of drug-likeness (QED) is 0.732. The molecule has 1 heterocycles. The number of para-hydroxylation sites is 1. The number of ether oxygens (including phenoxy) is 1. The third-order valence-corrected chi connectivity index (χ3v) is 2.57. The maximum atomic E-state index is 10.8. The van der Waals surface area contributed by atoms with Gasteiger partial charge in [-0.3, -0.25) is 4.79 Å². The van der Waals surface area contributed by atoms with Gasteiger partial charge in [0.15, 0.2) is 12.5 Å². The zero-order valence-corrected chi connectivity index (χ0v) is 8.43. The third kappa shape index (κ3) is 1.86. The molecule has 1 atom stereocenters. The predicted octanol–water partition coefficient (Wildman–Crippen LogP) is 0.507. The summed E-state index contributed by atoms with van der Waals surface area (Å²) in [6.07, 6.45) is 0.359. The Labute approximate surface area is 88.6 Å². The first kappa shape index (κ1) is 10.1. The molecule has 1 unspecified atom stereocenters. The van der Waals surface area contributed by atoms with Crippen molar-refractivity contribution in [2.45, 2.75) is 12.8 Å². The van der Waals surface area contributed by atoms with Crippen LogP contribution in [0, 0.1) is 0 Å². The van der Waals surface area contributed by atoms with Crippen LogP contribution < -0.4 is 10.6 Å². The molecular formula is C11H14N2O2. The smallest absolute Gasteiger partial charge is 0.186 e. The highest BCUT2D eigenvalue weighted by atomic mass is 16.5. The number of carbonyl (C=O) groups is 1. The van der Waals surface area contributed by atoms with E-state index in [-0.39, 0.29) is 0 Å². The van der Waals surface area contributed by atoms with Crippen molar-refractivity contribution in [2.24, 2.45) is 5.73 Å². The first-order chi connectivity index (χ1) is 7.36. The lowest BCUT2D eigenvalue weighted by molar-refractivity contribution is -0.115. The van der Waals surface area contributed by atoms with Crippen LogP contribution >= 0.6 is 0 Å². The molecule has 0 radical (unpaired) electrons. The number of nitrogens with zero attached hydrogens (tertiary/aromatic N) is 1. The molecule has 1 saturated heterocycles. The van der Waals surface area contributed by atoms with Crippen molar-refractivity contribution < 1.29 is 9.53 Å². The predicted molar refractivity (Wildman–Crippen MR) is 57.5 cm³/mol. The molecule has 1 aliphatic rings. The number of carbonyl (C=O) groups excluding carboxylic acids is 1. The molecule has 0 saturated carbocycles. The van der Waals surface area contributed by atoms with E-state index in [1.54, 1.807) is 0 Å². The Morgan fingerprint density at radius 3 is 3.07 bits per heavy atom. The molecule has 1 aromatic carbocycles. The first-order valence-corrected chi connectivity index (χ1v) is 4.98. The normalized spacial score (nSPS) is 20.6. The monoisotopic (exact) mass is 206 g/mol. The van der Waals surface area contributed by atoms with E-state index in [1.807, 2.05) is 29.2 Å². The van der Waals surface area contributed by atoms with Crippen molar-refractivity contribution in [2.75, 3.05) is 18.1 Å². The van der Waals surface area contributed by atoms with Gasteiger partial charge in [-0.05, 0) is 11.6 Å². The van der Waals surface area contributed by atoms with Crippen LogP contribution in [-0.2, 0) is 16.1 Å². The maximum absolute atomic E-state index is 10.8. The number of nitrogens with two attached hydrogens (primary N) is 1. The second-order valence-electron chi connectivity index (χ2n) is 3.42. The average molecular weight is 206 g/mol. The molecule has 2 N–H and O–H groups in total. The van der Waals surface area contributed by atoms with Gasteiger partial charge < -0.3 is 15.4 Å². The van der Waals surface area contributed by atoms with Gasteiger partial charge in [0, 0.05) is 18.8 Å². The first-order valence-electron chi connectivity index (χ1n) is 4.98. The van der Waals surface area contributed by atoms with Gasteiger partial charge in [0.25, 0.3) is 0 Å². The van der Waals surface area contributed by atoms with E-state index in [0.717, 1.165) is 24.1 Å². The van der Waals surface area contributed by atoms with Gasteiger partial charge in [-0.25, -0.2) is 0 Å². The highest BCUT2D eigenvalue weighted by molar-refractivity contribution is 5.67. The molecule has 80 valence electrons. The Balaban J connectivity index is 2.31. The SMILES string of the molecule is NCc1ccccc1N1CCOC1C=O. The Hall–Kier alpha value is -1.39. The van der Waals surface area contributed by atoms with E-state index >= 15 is 0 Å². The van der Waals surface area contributed by atoms with Crippen LogP contribution in [0.2, 0.25) is 0 Å². The standard InChI is InChI=1S/C11H14N2O2/c12-7-9-3-1-2-4-10(9)13-5-6-15-11(13)8-14/h1-4,8,11H,5-7,12H2. The Morgan fingerprint density at radius 2 is 2.33 bits per heavy atom. The summed E-state index contributed by atoms with van der Waals surface area (Å²) in [6.45, 7) is 1.79. The van der Waals surface area contributed by atoms with Crippen LogP contribution in [0.25, 0.3) is 0 Å². The van der Waals surface area contributed by atoms with Gasteiger partial charge in [-0.1, -0.05) is 18.2 Å². The minimum absolute atomic E-state index is 0.460. The maximum Gasteiger partial charge on any atom is 0.186 e. The van der Waals surface area contributed by atoms with Crippen molar-refractivity contribution in [1.82, 2.24) is 0 Å². The minimum Gasteiger partial charge on any atom is -0.349 e. The summed E-state index contributed by atoms with van der Waals surface area (Å²) in [6, 6.07) is 7.82. The molecule has 2 rings (SSSR count). The van der Waals surface area contributed by atoms with Crippen molar-refractivity contribution in [3.8, 4) is 0 Å². The van der Waals surface area contributed by atoms with Gasteiger partial charge in [0.2, 0.25) is 0 Å². The van der Waals surface area contributed by atoms with Crippen LogP contribution in [0.4, 0.5) is 5.69 Å². The Kier molecular flexibility index (Phi) is 2.99. The fourth-order valence-electron chi connectivity index (χ4n) is 1.82. The molecule has 0 bridgehead atoms. The van der Waals surface area contributed by atoms with E-state index in [2.05, 4.69) is 0 Å². The van der Waals surface area contributed by atoms with Gasteiger partial charge in [0.05, 0.1) is 6.61 Å². The number of rotatable bonds is 3. The van der Waals surface area contributed by atoms with Gasteiger partial charge >= 0.3 is 0 Å². The topological polar surface area (TPSA) is 55.6 Å². The summed E-state index contributed by atoms with van der Waals surface area (Å²) in [5, 5.41) is 0. The fraction of sp³-hybridized carbons (Fsp3) is 0.364. The van der Waals surface area contributed by atoms with E-state index in [9.17, 15) is 4.79 Å². The highest BCUT2D eigenvalue weighted by Gasteiger charge is 2.25. The van der Waals surface area contributed by atoms with E-state index < -0.39 is 6.23 Å². The van der Waals surface area contributed by atoms with E-state index in [4.69, 9.17) is 10.5 Å². The van der Waals surface area contributed by atoms with Crippen LogP contribution in [0.5, 0.6) is 0 Å². The van der Waals surface area contributed by atoms with Crippen molar-refractivity contribution in [3.05, 3.63) is 29.8 Å². The average Bonchev–Trinajstić information content (AvgIpc) is 2.76.